The van der Waals surface area contributed by atoms with E-state index < -0.39 is 0 Å². The minimum atomic E-state index is 0.0804. The topological polar surface area (TPSA) is 35.5 Å². The van der Waals surface area contributed by atoms with E-state index in [0.717, 1.165) is 6.42 Å². The van der Waals surface area contributed by atoms with Crippen LogP contribution in [0.4, 0.5) is 0 Å². The molecular formula is C9H18O3. The number of ketones is 1. The first-order chi connectivity index (χ1) is 5.57. The molecule has 0 aromatic carbocycles. The Morgan fingerprint density at radius 3 is 2.42 bits per heavy atom. The van der Waals surface area contributed by atoms with Crippen LogP contribution in [0.5, 0.6) is 0 Å². The van der Waals surface area contributed by atoms with E-state index in [-0.39, 0.29) is 17.8 Å². The van der Waals surface area contributed by atoms with Crippen LogP contribution in [-0.2, 0) is 14.3 Å². The van der Waals surface area contributed by atoms with Gasteiger partial charge in [-0.2, -0.15) is 0 Å². The molecule has 1 unspecified atom stereocenters. The largest absolute Gasteiger partial charge is 0.359 e. The molecule has 2 atom stereocenters. The maximum atomic E-state index is 10.9. The fourth-order valence-electron chi connectivity index (χ4n) is 0.916. The van der Waals surface area contributed by atoms with Crippen molar-refractivity contribution in [2.45, 2.75) is 33.3 Å². The lowest BCUT2D eigenvalue weighted by molar-refractivity contribution is -0.122. The van der Waals surface area contributed by atoms with Crippen LogP contribution in [0.3, 0.4) is 0 Å². The summed E-state index contributed by atoms with van der Waals surface area (Å²) < 4.78 is 9.98. The van der Waals surface area contributed by atoms with Crippen LogP contribution in [-0.4, -0.2) is 25.8 Å². The number of methoxy groups -OCH3 is 1. The van der Waals surface area contributed by atoms with E-state index in [0.29, 0.717) is 6.79 Å². The summed E-state index contributed by atoms with van der Waals surface area (Å²) in [7, 11) is 1.58. The highest BCUT2D eigenvalue weighted by molar-refractivity contribution is 5.77. The number of carbonyl (C=O) groups excluding carboxylic acids is 1. The van der Waals surface area contributed by atoms with Gasteiger partial charge in [-0.15, -0.1) is 0 Å². The Morgan fingerprint density at radius 1 is 1.42 bits per heavy atom. The number of Topliss-reactive ketones (excluding diaryl/α,β-unsaturated/α-hetero) is 1. The second-order valence-electron chi connectivity index (χ2n) is 3.13. The highest BCUT2D eigenvalue weighted by Gasteiger charge is 2.12. The van der Waals surface area contributed by atoms with Crippen molar-refractivity contribution in [3.63, 3.8) is 0 Å². The fourth-order valence-corrected chi connectivity index (χ4v) is 0.916. The van der Waals surface area contributed by atoms with E-state index in [2.05, 4.69) is 0 Å². The van der Waals surface area contributed by atoms with Gasteiger partial charge < -0.3 is 9.47 Å². The number of ether oxygens (including phenoxy) is 2. The molecular weight excluding hydrogens is 156 g/mol. The molecule has 3 nitrogen and oxygen atoms in total. The minimum Gasteiger partial charge on any atom is -0.359 e. The molecule has 72 valence electrons. The third-order valence-corrected chi connectivity index (χ3v) is 1.85. The summed E-state index contributed by atoms with van der Waals surface area (Å²) in [5.41, 5.74) is 0. The number of rotatable bonds is 6. The quantitative estimate of drug-likeness (QED) is 0.574. The number of hydrogen-bond acceptors (Lipinski definition) is 3. The first-order valence-electron chi connectivity index (χ1n) is 4.19. The lowest BCUT2D eigenvalue weighted by atomic mass is 10.0. The van der Waals surface area contributed by atoms with Gasteiger partial charge in [-0.1, -0.05) is 6.92 Å². The molecule has 0 heterocycles. The Kier molecular flexibility index (Phi) is 5.93. The molecule has 0 saturated carbocycles. The van der Waals surface area contributed by atoms with Crippen molar-refractivity contribution < 1.29 is 14.3 Å². The fraction of sp³-hybridized carbons (Fsp3) is 0.889. The molecule has 0 radical (unpaired) electrons. The summed E-state index contributed by atoms with van der Waals surface area (Å²) in [6.45, 7) is 5.76. The van der Waals surface area contributed by atoms with Gasteiger partial charge in [-0.25, -0.2) is 0 Å². The smallest absolute Gasteiger partial charge is 0.146 e. The lowest BCUT2D eigenvalue weighted by Gasteiger charge is -2.15. The molecule has 0 aliphatic heterocycles. The monoisotopic (exact) mass is 174 g/mol. The van der Waals surface area contributed by atoms with E-state index in [4.69, 9.17) is 9.47 Å². The predicted octanol–water partition coefficient (Wildman–Crippen LogP) is 1.61. The van der Waals surface area contributed by atoms with Crippen molar-refractivity contribution in [1.82, 2.24) is 0 Å². The first-order valence-corrected chi connectivity index (χ1v) is 4.19. The lowest BCUT2D eigenvalue weighted by Crippen LogP contribution is -2.17. The Morgan fingerprint density at radius 2 is 2.00 bits per heavy atom. The van der Waals surface area contributed by atoms with Gasteiger partial charge in [-0.3, -0.25) is 4.79 Å². The van der Waals surface area contributed by atoms with Gasteiger partial charge >= 0.3 is 0 Å². The Hall–Kier alpha value is -0.410. The second-order valence-corrected chi connectivity index (χ2v) is 3.13. The zero-order valence-electron chi connectivity index (χ0n) is 8.29. The molecule has 0 spiro atoms. The highest BCUT2D eigenvalue weighted by atomic mass is 16.7. The highest BCUT2D eigenvalue weighted by Crippen LogP contribution is 2.09. The molecule has 0 aliphatic carbocycles. The Bertz CT molecular complexity index is 134. The molecule has 0 rings (SSSR count). The minimum absolute atomic E-state index is 0.0804. The van der Waals surface area contributed by atoms with Gasteiger partial charge in [0, 0.05) is 13.0 Å². The Labute approximate surface area is 74.0 Å². The second kappa shape index (κ2) is 6.14. The van der Waals surface area contributed by atoms with Crippen molar-refractivity contribution in [3.8, 4) is 0 Å². The molecule has 0 saturated heterocycles. The number of hydrogen-bond donors (Lipinski definition) is 0. The normalized spacial score (nSPS) is 15.7. The van der Waals surface area contributed by atoms with E-state index in [1.54, 1.807) is 14.0 Å². The average Bonchev–Trinajstić information content (AvgIpc) is 2.00. The summed E-state index contributed by atoms with van der Waals surface area (Å²) in [5, 5.41) is 0. The molecule has 12 heavy (non-hydrogen) atoms. The van der Waals surface area contributed by atoms with Gasteiger partial charge in [0.05, 0.1) is 6.10 Å². The van der Waals surface area contributed by atoms with Crippen LogP contribution in [0.2, 0.25) is 0 Å². The van der Waals surface area contributed by atoms with Gasteiger partial charge in [0.25, 0.3) is 0 Å². The summed E-state index contributed by atoms with van der Waals surface area (Å²) in [5.74, 6) is 0.291. The first kappa shape index (κ1) is 11.6. The van der Waals surface area contributed by atoms with Crippen LogP contribution in [0.15, 0.2) is 0 Å². The third-order valence-electron chi connectivity index (χ3n) is 1.85. The van der Waals surface area contributed by atoms with Gasteiger partial charge in [-0.05, 0) is 20.3 Å². The summed E-state index contributed by atoms with van der Waals surface area (Å²) in [4.78, 5) is 10.9. The molecule has 0 fully saturated rings. The van der Waals surface area contributed by atoms with E-state index in [1.807, 2.05) is 13.8 Å². The van der Waals surface area contributed by atoms with Crippen LogP contribution in [0, 0.1) is 5.92 Å². The van der Waals surface area contributed by atoms with Crippen molar-refractivity contribution in [3.05, 3.63) is 0 Å². The maximum absolute atomic E-state index is 10.9. The molecule has 0 aromatic rings. The molecule has 0 bridgehead atoms. The van der Waals surface area contributed by atoms with Gasteiger partial charge in [0.15, 0.2) is 0 Å². The molecule has 0 aromatic heterocycles. The van der Waals surface area contributed by atoms with Crippen LogP contribution >= 0.6 is 0 Å². The van der Waals surface area contributed by atoms with Crippen molar-refractivity contribution in [1.29, 1.82) is 0 Å². The van der Waals surface area contributed by atoms with Crippen LogP contribution in [0.25, 0.3) is 0 Å². The zero-order valence-corrected chi connectivity index (χ0v) is 8.29. The van der Waals surface area contributed by atoms with Crippen molar-refractivity contribution >= 4 is 5.78 Å². The average molecular weight is 174 g/mol. The van der Waals surface area contributed by atoms with Crippen molar-refractivity contribution in [2.75, 3.05) is 13.9 Å². The summed E-state index contributed by atoms with van der Waals surface area (Å²) in [6.07, 6.45) is 0.849. The van der Waals surface area contributed by atoms with E-state index in [1.165, 1.54) is 0 Å². The van der Waals surface area contributed by atoms with Crippen LogP contribution < -0.4 is 0 Å². The SMILES string of the molecule is COCO[C@H](C)CC(C)C(C)=O. The van der Waals surface area contributed by atoms with Gasteiger partial charge in [0.1, 0.15) is 12.6 Å². The zero-order chi connectivity index (χ0) is 9.56. The maximum Gasteiger partial charge on any atom is 0.146 e. The molecule has 0 aliphatic rings. The van der Waals surface area contributed by atoms with Crippen LogP contribution in [0.1, 0.15) is 27.2 Å². The molecule has 0 amide bonds. The summed E-state index contributed by atoms with van der Waals surface area (Å²) >= 11 is 0. The number of carbonyl (C=O) groups is 1. The standard InChI is InChI=1S/C9H18O3/c1-7(9(3)10)5-8(2)12-6-11-4/h7-8H,5-6H2,1-4H3/t7?,8-/m1/s1. The predicted molar refractivity (Wildman–Crippen MR) is 46.9 cm³/mol. The third kappa shape index (κ3) is 5.27. The molecule has 3 heteroatoms. The van der Waals surface area contributed by atoms with E-state index >= 15 is 0 Å². The van der Waals surface area contributed by atoms with E-state index in [9.17, 15) is 4.79 Å². The summed E-state index contributed by atoms with van der Waals surface area (Å²) in [6, 6.07) is 0. The molecule has 0 N–H and O–H groups in total. The van der Waals surface area contributed by atoms with Crippen molar-refractivity contribution in [2.24, 2.45) is 5.92 Å². The van der Waals surface area contributed by atoms with Gasteiger partial charge in [0.2, 0.25) is 0 Å². The Balaban J connectivity index is 3.53.